The molecule has 0 bridgehead atoms. The van der Waals surface area contributed by atoms with Gasteiger partial charge in [-0.2, -0.15) is 0 Å². The Morgan fingerprint density at radius 3 is 2.34 bits per heavy atom. The molecule has 1 saturated heterocycles. The zero-order chi connectivity index (χ0) is 22.8. The maximum atomic E-state index is 3.84. The van der Waals surface area contributed by atoms with Crippen LogP contribution in [-0.4, -0.2) is 54.6 Å². The molecule has 1 aromatic carbocycles. The van der Waals surface area contributed by atoms with E-state index in [0.717, 1.165) is 36.9 Å². The van der Waals surface area contributed by atoms with Gasteiger partial charge in [0.2, 0.25) is 0 Å². The van der Waals surface area contributed by atoms with Crippen LogP contribution >= 0.6 is 0 Å². The minimum atomic E-state index is 0.684. The van der Waals surface area contributed by atoms with E-state index in [4.69, 9.17) is 0 Å². The molecule has 1 aromatic rings. The molecule has 2 unspecified atom stereocenters. The van der Waals surface area contributed by atoms with Gasteiger partial charge in [0.15, 0.2) is 0 Å². The van der Waals surface area contributed by atoms with Crippen LogP contribution in [0, 0.1) is 17.8 Å². The van der Waals surface area contributed by atoms with Gasteiger partial charge < -0.3 is 5.32 Å². The summed E-state index contributed by atoms with van der Waals surface area (Å²) in [5, 5.41) is 3.84. The van der Waals surface area contributed by atoms with E-state index in [0.29, 0.717) is 6.04 Å². The highest BCUT2D eigenvalue weighted by atomic mass is 15.3. The molecule has 0 spiro atoms. The van der Waals surface area contributed by atoms with Gasteiger partial charge in [0.1, 0.15) is 0 Å². The van der Waals surface area contributed by atoms with Crippen molar-refractivity contribution in [2.24, 2.45) is 17.8 Å². The topological polar surface area (TPSA) is 18.5 Å². The first kappa shape index (κ1) is 25.7. The van der Waals surface area contributed by atoms with E-state index in [-0.39, 0.29) is 0 Å². The van der Waals surface area contributed by atoms with Crippen LogP contribution in [0.5, 0.6) is 0 Å². The molecule has 3 heteroatoms. The highest BCUT2D eigenvalue weighted by Crippen LogP contribution is 2.30. The Labute approximate surface area is 199 Å². The lowest BCUT2D eigenvalue weighted by Crippen LogP contribution is -2.58. The van der Waals surface area contributed by atoms with Crippen LogP contribution in [-0.2, 0) is 6.54 Å². The lowest BCUT2D eigenvalue weighted by Gasteiger charge is -2.46. The molecule has 1 heterocycles. The molecule has 3 nitrogen and oxygen atoms in total. The van der Waals surface area contributed by atoms with Crippen LogP contribution in [0.25, 0.3) is 0 Å². The minimum absolute atomic E-state index is 0.684. The highest BCUT2D eigenvalue weighted by Gasteiger charge is 2.32. The fourth-order valence-corrected chi connectivity index (χ4v) is 5.88. The van der Waals surface area contributed by atoms with Gasteiger partial charge in [0.25, 0.3) is 0 Å². The Morgan fingerprint density at radius 2 is 1.66 bits per heavy atom. The fraction of sp³-hybridized carbons (Fsp3) is 0.793. The van der Waals surface area contributed by atoms with E-state index in [9.17, 15) is 0 Å². The molecule has 2 fully saturated rings. The first-order valence-electron chi connectivity index (χ1n) is 13.7. The Hall–Kier alpha value is -0.900. The van der Waals surface area contributed by atoms with E-state index in [2.05, 4.69) is 73.1 Å². The van der Waals surface area contributed by atoms with Crippen LogP contribution in [0.1, 0.15) is 84.6 Å². The lowest BCUT2D eigenvalue weighted by molar-refractivity contribution is 0.0276. The molecule has 1 saturated carbocycles. The molecule has 1 aliphatic heterocycles. The Balaban J connectivity index is 1.61. The maximum absolute atomic E-state index is 3.84. The Bertz CT molecular complexity index is 608. The number of benzene rings is 1. The van der Waals surface area contributed by atoms with Crippen molar-refractivity contribution in [3.63, 3.8) is 0 Å². The number of piperazine rings is 1. The zero-order valence-corrected chi connectivity index (χ0v) is 21.6. The molecule has 2 atom stereocenters. The zero-order valence-electron chi connectivity index (χ0n) is 21.6. The van der Waals surface area contributed by atoms with Gasteiger partial charge >= 0.3 is 0 Å². The largest absolute Gasteiger partial charge is 0.311 e. The molecular formula is C29H51N3. The predicted octanol–water partition coefficient (Wildman–Crippen LogP) is 6.19. The van der Waals surface area contributed by atoms with Gasteiger partial charge in [0, 0.05) is 44.8 Å². The number of hydrogen-bond donors (Lipinski definition) is 1. The summed E-state index contributed by atoms with van der Waals surface area (Å²) in [6, 6.07) is 12.3. The van der Waals surface area contributed by atoms with Crippen LogP contribution < -0.4 is 5.32 Å². The third kappa shape index (κ3) is 8.80. The monoisotopic (exact) mass is 441 g/mol. The second kappa shape index (κ2) is 13.7. The predicted molar refractivity (Wildman–Crippen MR) is 139 cm³/mol. The number of rotatable bonds is 12. The minimum Gasteiger partial charge on any atom is -0.311 e. The summed E-state index contributed by atoms with van der Waals surface area (Å²) in [5.74, 6) is 2.51. The van der Waals surface area contributed by atoms with E-state index >= 15 is 0 Å². The molecule has 3 rings (SSSR count). The SMILES string of the molecule is CC(C)CCN1CCN(C(CNCc2ccccc2)CC2CCCCC2)CC1CC(C)C. The van der Waals surface area contributed by atoms with Crippen molar-refractivity contribution < 1.29 is 0 Å². The average Bonchev–Trinajstić information content (AvgIpc) is 2.78. The summed E-state index contributed by atoms with van der Waals surface area (Å²) < 4.78 is 0. The van der Waals surface area contributed by atoms with E-state index in [1.807, 2.05) is 0 Å². The van der Waals surface area contributed by atoms with Crippen molar-refractivity contribution in [2.45, 2.75) is 97.7 Å². The third-order valence-electron chi connectivity index (χ3n) is 7.77. The highest BCUT2D eigenvalue weighted by molar-refractivity contribution is 5.14. The van der Waals surface area contributed by atoms with Crippen molar-refractivity contribution in [1.82, 2.24) is 15.1 Å². The van der Waals surface area contributed by atoms with Crippen molar-refractivity contribution in [1.29, 1.82) is 0 Å². The number of hydrogen-bond acceptors (Lipinski definition) is 3. The third-order valence-corrected chi connectivity index (χ3v) is 7.77. The standard InChI is InChI=1S/C29H51N3/c1-24(2)15-16-31-17-18-32(23-29(31)19-25(3)4)28(20-26-11-7-5-8-12-26)22-30-21-27-13-9-6-10-14-27/h6,9-10,13-14,24-26,28-30H,5,7-8,11-12,15-23H2,1-4H3. The molecule has 2 aliphatic rings. The van der Waals surface area contributed by atoms with Crippen LogP contribution in [0.4, 0.5) is 0 Å². The molecule has 0 amide bonds. The van der Waals surface area contributed by atoms with Crippen molar-refractivity contribution in [2.75, 3.05) is 32.7 Å². The summed E-state index contributed by atoms with van der Waals surface area (Å²) in [6.45, 7) is 16.7. The average molecular weight is 442 g/mol. The second-order valence-electron chi connectivity index (χ2n) is 11.5. The fourth-order valence-electron chi connectivity index (χ4n) is 5.88. The molecule has 32 heavy (non-hydrogen) atoms. The summed E-state index contributed by atoms with van der Waals surface area (Å²) in [4.78, 5) is 5.71. The van der Waals surface area contributed by atoms with E-state index in [1.54, 1.807) is 0 Å². The first-order valence-corrected chi connectivity index (χ1v) is 13.7. The van der Waals surface area contributed by atoms with Gasteiger partial charge in [-0.3, -0.25) is 9.80 Å². The van der Waals surface area contributed by atoms with E-state index < -0.39 is 0 Å². The van der Waals surface area contributed by atoms with Crippen molar-refractivity contribution in [3.8, 4) is 0 Å². The lowest BCUT2D eigenvalue weighted by atomic mass is 9.84. The van der Waals surface area contributed by atoms with Gasteiger partial charge in [-0.25, -0.2) is 0 Å². The molecule has 1 N–H and O–H groups in total. The molecule has 0 aromatic heterocycles. The normalized spacial score (nSPS) is 22.6. The molecular weight excluding hydrogens is 390 g/mol. The summed E-state index contributed by atoms with van der Waals surface area (Å²) >= 11 is 0. The summed E-state index contributed by atoms with van der Waals surface area (Å²) in [7, 11) is 0. The summed E-state index contributed by atoms with van der Waals surface area (Å²) in [6.07, 6.45) is 11.3. The van der Waals surface area contributed by atoms with Crippen LogP contribution in [0.3, 0.4) is 0 Å². The van der Waals surface area contributed by atoms with Crippen molar-refractivity contribution in [3.05, 3.63) is 35.9 Å². The molecule has 0 radical (unpaired) electrons. The van der Waals surface area contributed by atoms with Crippen LogP contribution in [0.15, 0.2) is 30.3 Å². The van der Waals surface area contributed by atoms with Gasteiger partial charge in [-0.15, -0.1) is 0 Å². The quantitative estimate of drug-likeness (QED) is 0.417. The first-order chi connectivity index (χ1) is 15.5. The summed E-state index contributed by atoms with van der Waals surface area (Å²) in [5.41, 5.74) is 1.40. The van der Waals surface area contributed by atoms with Gasteiger partial charge in [-0.05, 0) is 49.1 Å². The van der Waals surface area contributed by atoms with Gasteiger partial charge in [-0.1, -0.05) is 90.1 Å². The number of nitrogens with one attached hydrogen (secondary N) is 1. The van der Waals surface area contributed by atoms with Crippen molar-refractivity contribution >= 4 is 0 Å². The Kier molecular flexibility index (Phi) is 11.0. The molecule has 182 valence electrons. The van der Waals surface area contributed by atoms with E-state index in [1.165, 1.54) is 83.1 Å². The maximum Gasteiger partial charge on any atom is 0.0226 e. The van der Waals surface area contributed by atoms with Crippen LogP contribution in [0.2, 0.25) is 0 Å². The van der Waals surface area contributed by atoms with Gasteiger partial charge in [0.05, 0.1) is 0 Å². The second-order valence-corrected chi connectivity index (χ2v) is 11.5. The Morgan fingerprint density at radius 1 is 0.906 bits per heavy atom. The smallest absolute Gasteiger partial charge is 0.0226 e. The molecule has 1 aliphatic carbocycles. The number of nitrogens with zero attached hydrogens (tertiary/aromatic N) is 2.